The molecule has 0 unspecified atom stereocenters. The van der Waals surface area contributed by atoms with Crippen molar-refractivity contribution in [3.05, 3.63) is 83.3 Å². The molecule has 4 rings (SSSR count). The Labute approximate surface area is 200 Å². The molecule has 0 aliphatic carbocycles. The maximum absolute atomic E-state index is 10.4. The van der Waals surface area contributed by atoms with Gasteiger partial charge in [-0.1, -0.05) is 58.8 Å². The van der Waals surface area contributed by atoms with Crippen molar-refractivity contribution in [3.8, 4) is 22.5 Å². The molecular formula is C22H21BN2NaO4. The summed E-state index contributed by atoms with van der Waals surface area (Å²) in [5.41, 5.74) is 5.13. The fourth-order valence-electron chi connectivity index (χ4n) is 2.52. The molecule has 8 heteroatoms. The summed E-state index contributed by atoms with van der Waals surface area (Å²) in [6.45, 7) is 3.77. The maximum atomic E-state index is 10.4. The molecule has 2 aromatic carbocycles. The molecule has 0 amide bonds. The Bertz CT molecular complexity index is 1050. The van der Waals surface area contributed by atoms with Crippen LogP contribution in [0.25, 0.3) is 22.5 Å². The molecule has 2 aromatic heterocycles. The smallest absolute Gasteiger partial charge is 1.00 e. The summed E-state index contributed by atoms with van der Waals surface area (Å²) in [5.74, 6) is 1.57. The van der Waals surface area contributed by atoms with E-state index in [2.05, 4.69) is 10.3 Å². The van der Waals surface area contributed by atoms with Crippen molar-refractivity contribution in [2.24, 2.45) is 0 Å². The van der Waals surface area contributed by atoms with Crippen molar-refractivity contribution in [2.75, 3.05) is 0 Å². The van der Waals surface area contributed by atoms with Crippen LogP contribution in [0.5, 0.6) is 0 Å². The topological polar surface area (TPSA) is 89.4 Å². The van der Waals surface area contributed by atoms with Gasteiger partial charge < -0.3 is 15.6 Å². The third kappa shape index (κ3) is 6.81. The SMILES string of the molecule is Cc1cc(-c2ccc(C=O)cc2)no1.Cc1cc(-c2ccc(CO)cc2)no1.[B].[H-].[Na+]. The van der Waals surface area contributed by atoms with Crippen LogP contribution in [0.2, 0.25) is 0 Å². The zero-order valence-electron chi connectivity index (χ0n) is 18.2. The van der Waals surface area contributed by atoms with Crippen LogP contribution in [-0.4, -0.2) is 30.1 Å². The van der Waals surface area contributed by atoms with E-state index in [1.165, 1.54) is 0 Å². The van der Waals surface area contributed by atoms with Gasteiger partial charge >= 0.3 is 29.6 Å². The van der Waals surface area contributed by atoms with Crippen LogP contribution >= 0.6 is 0 Å². The molecule has 147 valence electrons. The second-order valence-electron chi connectivity index (χ2n) is 6.24. The predicted molar refractivity (Wildman–Crippen MR) is 112 cm³/mol. The average molecular weight is 411 g/mol. The zero-order chi connectivity index (χ0) is 19.9. The number of aromatic nitrogens is 2. The summed E-state index contributed by atoms with van der Waals surface area (Å²) in [4.78, 5) is 10.4. The summed E-state index contributed by atoms with van der Waals surface area (Å²) in [6.07, 6.45) is 0.817. The number of benzene rings is 2. The van der Waals surface area contributed by atoms with Gasteiger partial charge in [0, 0.05) is 37.2 Å². The summed E-state index contributed by atoms with van der Waals surface area (Å²) in [7, 11) is 0. The Morgan fingerprint density at radius 2 is 1.30 bits per heavy atom. The molecule has 6 nitrogen and oxygen atoms in total. The van der Waals surface area contributed by atoms with Crippen molar-refractivity contribution in [2.45, 2.75) is 20.5 Å². The van der Waals surface area contributed by atoms with E-state index in [0.29, 0.717) is 5.56 Å². The van der Waals surface area contributed by atoms with Crippen molar-refractivity contribution in [1.82, 2.24) is 10.3 Å². The summed E-state index contributed by atoms with van der Waals surface area (Å²) in [5, 5.41) is 16.7. The van der Waals surface area contributed by atoms with Gasteiger partial charge in [-0.3, -0.25) is 4.79 Å². The Morgan fingerprint density at radius 1 is 0.867 bits per heavy atom. The molecule has 3 radical (unpaired) electrons. The summed E-state index contributed by atoms with van der Waals surface area (Å²) in [6, 6.07) is 18.5. The van der Waals surface area contributed by atoms with Crippen LogP contribution in [-0.2, 0) is 6.61 Å². The molecule has 2 heterocycles. The first kappa shape index (κ1) is 25.6. The molecule has 30 heavy (non-hydrogen) atoms. The largest absolute Gasteiger partial charge is 1.00 e. The number of aliphatic hydroxyl groups is 1. The molecule has 0 saturated carbocycles. The summed E-state index contributed by atoms with van der Waals surface area (Å²) < 4.78 is 9.93. The van der Waals surface area contributed by atoms with E-state index in [1.54, 1.807) is 12.1 Å². The molecule has 1 N–H and O–H groups in total. The summed E-state index contributed by atoms with van der Waals surface area (Å²) >= 11 is 0. The normalized spacial score (nSPS) is 9.57. The number of hydrogen-bond donors (Lipinski definition) is 1. The van der Waals surface area contributed by atoms with Crippen LogP contribution in [0.1, 0.15) is 28.9 Å². The minimum Gasteiger partial charge on any atom is -1.00 e. The van der Waals surface area contributed by atoms with Gasteiger partial charge in [0.15, 0.2) is 0 Å². The van der Waals surface area contributed by atoms with Gasteiger partial charge in [0.25, 0.3) is 0 Å². The number of carbonyl (C=O) groups excluding carboxylic acids is 1. The van der Waals surface area contributed by atoms with Crippen LogP contribution in [0.4, 0.5) is 0 Å². The maximum Gasteiger partial charge on any atom is 1.00 e. The van der Waals surface area contributed by atoms with Crippen molar-refractivity contribution in [3.63, 3.8) is 0 Å². The van der Waals surface area contributed by atoms with Gasteiger partial charge in [0.05, 0.1) is 6.61 Å². The van der Waals surface area contributed by atoms with Gasteiger partial charge in [0.2, 0.25) is 0 Å². The van der Waals surface area contributed by atoms with Gasteiger partial charge in [0.1, 0.15) is 29.2 Å². The van der Waals surface area contributed by atoms with E-state index in [1.807, 2.05) is 62.4 Å². The molecule has 0 aliphatic heterocycles. The number of aliphatic hydroxyl groups excluding tert-OH is 1. The second-order valence-corrected chi connectivity index (χ2v) is 6.24. The third-order valence-electron chi connectivity index (χ3n) is 4.03. The van der Waals surface area contributed by atoms with E-state index in [0.717, 1.165) is 45.9 Å². The number of hydrogen-bond acceptors (Lipinski definition) is 6. The van der Waals surface area contributed by atoms with E-state index in [4.69, 9.17) is 14.2 Å². The van der Waals surface area contributed by atoms with Crippen molar-refractivity contribution < 1.29 is 49.9 Å². The van der Waals surface area contributed by atoms with Gasteiger partial charge in [-0.15, -0.1) is 0 Å². The Hall–Kier alpha value is -2.45. The quantitative estimate of drug-likeness (QED) is 0.403. The molecule has 0 atom stereocenters. The molecular weight excluding hydrogens is 390 g/mol. The number of rotatable bonds is 4. The molecule has 4 aromatic rings. The fourth-order valence-corrected chi connectivity index (χ4v) is 2.52. The predicted octanol–water partition coefficient (Wildman–Crippen LogP) is 1.34. The molecule has 0 saturated heterocycles. The number of aldehydes is 1. The van der Waals surface area contributed by atoms with E-state index in [9.17, 15) is 4.79 Å². The molecule has 0 bridgehead atoms. The fraction of sp³-hybridized carbons (Fsp3) is 0.136. The minimum absolute atomic E-state index is 0. The molecule has 0 aliphatic rings. The van der Waals surface area contributed by atoms with Gasteiger partial charge in [-0.2, -0.15) is 0 Å². The first-order chi connectivity index (χ1) is 13.6. The Balaban J connectivity index is 0.000000529. The van der Waals surface area contributed by atoms with E-state index < -0.39 is 0 Å². The Morgan fingerprint density at radius 3 is 1.63 bits per heavy atom. The second kappa shape index (κ2) is 12.3. The van der Waals surface area contributed by atoms with E-state index in [-0.39, 0.29) is 46.0 Å². The number of nitrogens with zero attached hydrogens (tertiary/aromatic N) is 2. The third-order valence-corrected chi connectivity index (χ3v) is 4.03. The zero-order valence-corrected chi connectivity index (χ0v) is 19.2. The monoisotopic (exact) mass is 411 g/mol. The van der Waals surface area contributed by atoms with Crippen LogP contribution in [0.3, 0.4) is 0 Å². The number of aryl methyl sites for hydroxylation is 2. The van der Waals surface area contributed by atoms with Crippen LogP contribution < -0.4 is 29.6 Å². The van der Waals surface area contributed by atoms with Gasteiger partial charge in [-0.05, 0) is 19.4 Å². The molecule has 0 fully saturated rings. The first-order valence-electron chi connectivity index (χ1n) is 8.71. The van der Waals surface area contributed by atoms with E-state index >= 15 is 0 Å². The number of carbonyl (C=O) groups is 1. The first-order valence-corrected chi connectivity index (χ1v) is 8.71. The molecule has 0 spiro atoms. The van der Waals surface area contributed by atoms with Crippen LogP contribution in [0, 0.1) is 13.8 Å². The van der Waals surface area contributed by atoms with Crippen molar-refractivity contribution >= 4 is 14.7 Å². The Kier molecular flexibility index (Phi) is 10.5. The standard InChI is InChI=1S/C11H11NO2.C11H9NO2.B.Na.H/c2*1-8-6-11(12-14-8)10-4-2-9(7-13)3-5-10;;;/h2-6,13H,7H2,1H3;2-7H,1H3;;;/q;;;+1;-1. The van der Waals surface area contributed by atoms with Crippen LogP contribution in [0.15, 0.2) is 69.7 Å². The minimum atomic E-state index is 0. The van der Waals surface area contributed by atoms with Crippen molar-refractivity contribution in [1.29, 1.82) is 0 Å². The van der Waals surface area contributed by atoms with Gasteiger partial charge in [-0.25, -0.2) is 0 Å². The average Bonchev–Trinajstić information content (AvgIpc) is 3.37.